The predicted molar refractivity (Wildman–Crippen MR) is 86.8 cm³/mol. The lowest BCUT2D eigenvalue weighted by atomic mass is 10.1. The average molecular weight is 335 g/mol. The quantitative estimate of drug-likeness (QED) is 0.910. The molecule has 0 radical (unpaired) electrons. The summed E-state index contributed by atoms with van der Waals surface area (Å²) in [6.07, 6.45) is 2.94. The number of sulfonamides is 1. The van der Waals surface area contributed by atoms with E-state index in [2.05, 4.69) is 4.72 Å². The van der Waals surface area contributed by atoms with E-state index in [1.165, 1.54) is 17.7 Å². The van der Waals surface area contributed by atoms with E-state index in [-0.39, 0.29) is 16.3 Å². The van der Waals surface area contributed by atoms with E-state index in [1.807, 2.05) is 6.07 Å². The second kappa shape index (κ2) is 6.20. The number of ether oxygens (including phenoxy) is 1. The molecule has 23 heavy (non-hydrogen) atoms. The van der Waals surface area contributed by atoms with Gasteiger partial charge in [0.2, 0.25) is 0 Å². The van der Waals surface area contributed by atoms with Crippen LogP contribution >= 0.6 is 0 Å². The van der Waals surface area contributed by atoms with E-state index in [0.717, 1.165) is 30.9 Å². The molecule has 0 heterocycles. The molecule has 1 aliphatic carbocycles. The average Bonchev–Trinajstić information content (AvgIpc) is 2.97. The van der Waals surface area contributed by atoms with Crippen molar-refractivity contribution in [2.24, 2.45) is 0 Å². The maximum absolute atomic E-state index is 13.8. The third-order valence-corrected chi connectivity index (χ3v) is 5.24. The molecule has 122 valence electrons. The summed E-state index contributed by atoms with van der Waals surface area (Å²) in [5.41, 5.74) is 2.45. The van der Waals surface area contributed by atoms with Crippen LogP contribution < -0.4 is 9.46 Å². The molecule has 0 amide bonds. The molecule has 0 saturated carbocycles. The fraction of sp³-hybridized carbons (Fsp3) is 0.294. The lowest BCUT2D eigenvalue weighted by molar-refractivity contribution is 0.321. The van der Waals surface area contributed by atoms with E-state index < -0.39 is 15.8 Å². The van der Waals surface area contributed by atoms with Gasteiger partial charge in [-0.3, -0.25) is 4.72 Å². The molecule has 1 N–H and O–H groups in total. The molecule has 0 atom stereocenters. The van der Waals surface area contributed by atoms with Gasteiger partial charge in [0.1, 0.15) is 0 Å². The van der Waals surface area contributed by atoms with Crippen LogP contribution in [0.3, 0.4) is 0 Å². The highest BCUT2D eigenvalue weighted by Gasteiger charge is 2.19. The Morgan fingerprint density at radius 3 is 2.65 bits per heavy atom. The summed E-state index contributed by atoms with van der Waals surface area (Å²) in [6.45, 7) is 2.10. The molecule has 0 aliphatic heterocycles. The van der Waals surface area contributed by atoms with Crippen LogP contribution in [0.2, 0.25) is 0 Å². The topological polar surface area (TPSA) is 55.4 Å². The van der Waals surface area contributed by atoms with E-state index in [1.54, 1.807) is 19.1 Å². The summed E-state index contributed by atoms with van der Waals surface area (Å²) < 4.78 is 46.3. The summed E-state index contributed by atoms with van der Waals surface area (Å²) in [4.78, 5) is 0.201. The third kappa shape index (κ3) is 3.32. The molecule has 0 saturated heterocycles. The van der Waals surface area contributed by atoms with E-state index in [0.29, 0.717) is 6.61 Å². The van der Waals surface area contributed by atoms with Crippen molar-refractivity contribution < 1.29 is 17.5 Å². The molecule has 1 aliphatic rings. The molecule has 4 nitrogen and oxygen atoms in total. The van der Waals surface area contributed by atoms with Gasteiger partial charge in [-0.05, 0) is 61.6 Å². The Bertz CT molecular complexity index is 834. The second-order valence-corrected chi connectivity index (χ2v) is 7.15. The number of benzene rings is 2. The van der Waals surface area contributed by atoms with Crippen molar-refractivity contribution in [1.82, 2.24) is 0 Å². The molecule has 0 unspecified atom stereocenters. The second-order valence-electron chi connectivity index (χ2n) is 5.47. The summed E-state index contributed by atoms with van der Waals surface area (Å²) in [7, 11) is -3.73. The van der Waals surface area contributed by atoms with Crippen molar-refractivity contribution >= 4 is 15.7 Å². The number of fused-ring (bicyclic) bond motifs is 1. The summed E-state index contributed by atoms with van der Waals surface area (Å²) in [5, 5.41) is 0. The molecule has 0 aromatic heterocycles. The Balaban J connectivity index is 1.85. The molecule has 0 fully saturated rings. The van der Waals surface area contributed by atoms with Crippen LogP contribution in [0, 0.1) is 5.82 Å². The number of anilines is 1. The summed E-state index contributed by atoms with van der Waals surface area (Å²) >= 11 is 0. The molecular weight excluding hydrogens is 317 g/mol. The van der Waals surface area contributed by atoms with Gasteiger partial charge in [-0.25, -0.2) is 12.8 Å². The van der Waals surface area contributed by atoms with Crippen LogP contribution in [0.4, 0.5) is 10.1 Å². The maximum Gasteiger partial charge on any atom is 0.261 e. The Hall–Kier alpha value is -2.08. The number of aryl methyl sites for hydroxylation is 2. The maximum atomic E-state index is 13.8. The van der Waals surface area contributed by atoms with E-state index >= 15 is 0 Å². The minimum atomic E-state index is -3.73. The molecule has 0 spiro atoms. The van der Waals surface area contributed by atoms with Crippen LogP contribution in [-0.4, -0.2) is 15.0 Å². The first kappa shape index (κ1) is 15.8. The van der Waals surface area contributed by atoms with E-state index in [9.17, 15) is 12.8 Å². The number of nitrogens with one attached hydrogen (secondary N) is 1. The summed E-state index contributed by atoms with van der Waals surface area (Å²) in [6, 6.07) is 9.18. The lowest BCUT2D eigenvalue weighted by Gasteiger charge is -2.11. The fourth-order valence-electron chi connectivity index (χ4n) is 2.77. The Labute approximate surface area is 135 Å². The zero-order chi connectivity index (χ0) is 16.4. The third-order valence-electron chi connectivity index (χ3n) is 3.86. The van der Waals surface area contributed by atoms with Gasteiger partial charge in [0, 0.05) is 6.07 Å². The first-order chi connectivity index (χ1) is 11.0. The molecule has 6 heteroatoms. The van der Waals surface area contributed by atoms with Crippen molar-refractivity contribution in [3.8, 4) is 5.75 Å². The summed E-state index contributed by atoms with van der Waals surface area (Å²) in [5.74, 6) is -0.492. The van der Waals surface area contributed by atoms with Crippen LogP contribution in [0.1, 0.15) is 24.5 Å². The highest BCUT2D eigenvalue weighted by Crippen LogP contribution is 2.27. The van der Waals surface area contributed by atoms with E-state index in [4.69, 9.17) is 4.74 Å². The van der Waals surface area contributed by atoms with Crippen molar-refractivity contribution in [2.75, 3.05) is 11.3 Å². The van der Waals surface area contributed by atoms with Gasteiger partial charge in [-0.2, -0.15) is 0 Å². The minimum absolute atomic E-state index is 0.105. The normalized spacial score (nSPS) is 13.7. The zero-order valence-corrected chi connectivity index (χ0v) is 13.6. The lowest BCUT2D eigenvalue weighted by Crippen LogP contribution is -2.13. The van der Waals surface area contributed by atoms with Crippen LogP contribution in [0.15, 0.2) is 41.3 Å². The van der Waals surface area contributed by atoms with Crippen LogP contribution in [-0.2, 0) is 22.9 Å². The van der Waals surface area contributed by atoms with Gasteiger partial charge in [-0.15, -0.1) is 0 Å². The Morgan fingerprint density at radius 2 is 1.91 bits per heavy atom. The number of rotatable bonds is 5. The highest BCUT2D eigenvalue weighted by atomic mass is 32.2. The highest BCUT2D eigenvalue weighted by molar-refractivity contribution is 7.92. The van der Waals surface area contributed by atoms with Crippen molar-refractivity contribution in [2.45, 2.75) is 31.1 Å². The monoisotopic (exact) mass is 335 g/mol. The van der Waals surface area contributed by atoms with Crippen LogP contribution in [0.25, 0.3) is 0 Å². The number of halogens is 1. The Morgan fingerprint density at radius 1 is 1.13 bits per heavy atom. The van der Waals surface area contributed by atoms with Crippen molar-refractivity contribution in [3.63, 3.8) is 0 Å². The first-order valence-electron chi connectivity index (χ1n) is 7.56. The van der Waals surface area contributed by atoms with Gasteiger partial charge in [0.15, 0.2) is 11.6 Å². The van der Waals surface area contributed by atoms with Gasteiger partial charge >= 0.3 is 0 Å². The van der Waals surface area contributed by atoms with Gasteiger partial charge in [-0.1, -0.05) is 6.07 Å². The minimum Gasteiger partial charge on any atom is -0.491 e. The van der Waals surface area contributed by atoms with Crippen LogP contribution in [0.5, 0.6) is 5.75 Å². The molecule has 2 aromatic carbocycles. The standard InChI is InChI=1S/C17H18FNO3S/c1-2-22-17-9-7-14(11-16(17)18)19-23(20,21)15-8-6-12-4-3-5-13(12)10-15/h6-11,19H,2-5H2,1H3. The molecule has 2 aromatic rings. The van der Waals surface area contributed by atoms with Crippen molar-refractivity contribution in [1.29, 1.82) is 0 Å². The largest absolute Gasteiger partial charge is 0.491 e. The Kier molecular flexibility index (Phi) is 4.26. The zero-order valence-electron chi connectivity index (χ0n) is 12.8. The number of hydrogen-bond donors (Lipinski definition) is 1. The molecule has 3 rings (SSSR count). The molecule has 0 bridgehead atoms. The van der Waals surface area contributed by atoms with Gasteiger partial charge in [0.25, 0.3) is 10.0 Å². The van der Waals surface area contributed by atoms with Gasteiger partial charge in [0.05, 0.1) is 17.2 Å². The van der Waals surface area contributed by atoms with Crippen molar-refractivity contribution in [3.05, 3.63) is 53.3 Å². The SMILES string of the molecule is CCOc1ccc(NS(=O)(=O)c2ccc3c(c2)CCC3)cc1F. The van der Waals surface area contributed by atoms with Gasteiger partial charge < -0.3 is 4.74 Å². The predicted octanol–water partition coefficient (Wildman–Crippen LogP) is 3.51. The fourth-order valence-corrected chi connectivity index (χ4v) is 3.87. The first-order valence-corrected chi connectivity index (χ1v) is 9.05. The molecular formula is C17H18FNO3S. The smallest absolute Gasteiger partial charge is 0.261 e. The number of hydrogen-bond acceptors (Lipinski definition) is 3.